The van der Waals surface area contributed by atoms with E-state index in [1.54, 1.807) is 4.90 Å². The van der Waals surface area contributed by atoms with Gasteiger partial charge in [0.15, 0.2) is 0 Å². The Morgan fingerprint density at radius 2 is 2.12 bits per heavy atom. The molecule has 16 heavy (non-hydrogen) atoms. The molecule has 0 saturated carbocycles. The molecule has 0 bridgehead atoms. The second kappa shape index (κ2) is 5.14. The second-order valence-electron chi connectivity index (χ2n) is 4.77. The maximum atomic E-state index is 11.7. The first-order chi connectivity index (χ1) is 7.30. The van der Waals surface area contributed by atoms with Gasteiger partial charge in [0.1, 0.15) is 0 Å². The molecule has 94 valence electrons. The van der Waals surface area contributed by atoms with Crippen molar-refractivity contribution >= 4 is 15.9 Å². The SMILES string of the molecule is CC(C)CCC(=O)N1CCC(S(N)(=O)=O)C1. The molecule has 0 aliphatic carbocycles. The monoisotopic (exact) mass is 248 g/mol. The van der Waals surface area contributed by atoms with E-state index in [0.29, 0.717) is 25.3 Å². The van der Waals surface area contributed by atoms with Crippen LogP contribution in [0.25, 0.3) is 0 Å². The maximum Gasteiger partial charge on any atom is 0.222 e. The highest BCUT2D eigenvalue weighted by Crippen LogP contribution is 2.17. The minimum absolute atomic E-state index is 0.0415. The van der Waals surface area contributed by atoms with Crippen LogP contribution in [-0.2, 0) is 14.8 Å². The average molecular weight is 248 g/mol. The van der Waals surface area contributed by atoms with Crippen LogP contribution < -0.4 is 5.14 Å². The van der Waals surface area contributed by atoms with Crippen molar-refractivity contribution in [3.8, 4) is 0 Å². The molecule has 0 aromatic heterocycles. The highest BCUT2D eigenvalue weighted by molar-refractivity contribution is 7.89. The zero-order chi connectivity index (χ0) is 12.3. The Morgan fingerprint density at radius 1 is 1.50 bits per heavy atom. The lowest BCUT2D eigenvalue weighted by atomic mass is 10.1. The summed E-state index contributed by atoms with van der Waals surface area (Å²) in [5, 5.41) is 4.49. The number of carbonyl (C=O) groups excluding carboxylic acids is 1. The van der Waals surface area contributed by atoms with Crippen LogP contribution in [0, 0.1) is 5.92 Å². The van der Waals surface area contributed by atoms with Crippen molar-refractivity contribution in [2.45, 2.75) is 38.4 Å². The van der Waals surface area contributed by atoms with Crippen LogP contribution in [0.1, 0.15) is 33.1 Å². The standard InChI is InChI=1S/C10H20N2O3S/c1-8(2)3-4-10(13)12-6-5-9(7-12)16(11,14)15/h8-9H,3-7H2,1-2H3,(H2,11,14,15). The summed E-state index contributed by atoms with van der Waals surface area (Å²) in [4.78, 5) is 13.3. The molecule has 1 unspecified atom stereocenters. The van der Waals surface area contributed by atoms with Crippen LogP contribution >= 0.6 is 0 Å². The fraction of sp³-hybridized carbons (Fsp3) is 0.900. The highest BCUT2D eigenvalue weighted by atomic mass is 32.2. The normalized spacial score (nSPS) is 21.8. The first-order valence-electron chi connectivity index (χ1n) is 5.60. The van der Waals surface area contributed by atoms with E-state index >= 15 is 0 Å². The van der Waals surface area contributed by atoms with E-state index in [1.165, 1.54) is 0 Å². The molecule has 2 N–H and O–H groups in total. The molecule has 5 nitrogen and oxygen atoms in total. The molecule has 1 rings (SSSR count). The number of carbonyl (C=O) groups is 1. The number of nitrogens with zero attached hydrogens (tertiary/aromatic N) is 1. The number of rotatable bonds is 4. The van der Waals surface area contributed by atoms with Crippen molar-refractivity contribution in [2.75, 3.05) is 13.1 Å². The van der Waals surface area contributed by atoms with Gasteiger partial charge in [0, 0.05) is 19.5 Å². The van der Waals surface area contributed by atoms with Gasteiger partial charge < -0.3 is 4.90 Å². The fourth-order valence-corrected chi connectivity index (χ4v) is 2.61. The molecule has 1 aliphatic rings. The Balaban J connectivity index is 2.44. The Hall–Kier alpha value is -0.620. The largest absolute Gasteiger partial charge is 0.341 e. The number of likely N-dealkylation sites (tertiary alicyclic amines) is 1. The topological polar surface area (TPSA) is 80.5 Å². The van der Waals surface area contributed by atoms with E-state index in [2.05, 4.69) is 13.8 Å². The summed E-state index contributed by atoms with van der Waals surface area (Å²) in [7, 11) is -3.49. The van der Waals surface area contributed by atoms with Gasteiger partial charge in [-0.1, -0.05) is 13.8 Å². The van der Waals surface area contributed by atoms with E-state index in [-0.39, 0.29) is 12.5 Å². The van der Waals surface area contributed by atoms with Gasteiger partial charge in [-0.3, -0.25) is 4.79 Å². The van der Waals surface area contributed by atoms with Crippen molar-refractivity contribution in [2.24, 2.45) is 11.1 Å². The number of hydrogen-bond acceptors (Lipinski definition) is 3. The molecule has 1 atom stereocenters. The number of nitrogens with two attached hydrogens (primary N) is 1. The molecule has 1 fully saturated rings. The van der Waals surface area contributed by atoms with Gasteiger partial charge in [-0.25, -0.2) is 13.6 Å². The van der Waals surface area contributed by atoms with Gasteiger partial charge >= 0.3 is 0 Å². The molecule has 1 aliphatic heterocycles. The van der Waals surface area contributed by atoms with Gasteiger partial charge in [0.2, 0.25) is 15.9 Å². The van der Waals surface area contributed by atoms with E-state index in [4.69, 9.17) is 5.14 Å². The molecule has 0 spiro atoms. The van der Waals surface area contributed by atoms with E-state index in [1.807, 2.05) is 0 Å². The quantitative estimate of drug-likeness (QED) is 0.777. The molecular formula is C10H20N2O3S. The van der Waals surface area contributed by atoms with Crippen molar-refractivity contribution in [1.29, 1.82) is 0 Å². The molecule has 6 heteroatoms. The number of sulfonamides is 1. The Morgan fingerprint density at radius 3 is 2.56 bits per heavy atom. The van der Waals surface area contributed by atoms with Gasteiger partial charge in [0.05, 0.1) is 5.25 Å². The van der Waals surface area contributed by atoms with Crippen molar-refractivity contribution in [3.05, 3.63) is 0 Å². The number of primary sulfonamides is 1. The lowest BCUT2D eigenvalue weighted by Crippen LogP contribution is -2.34. The molecule has 1 amide bonds. The van der Waals surface area contributed by atoms with Gasteiger partial charge in [-0.05, 0) is 18.8 Å². The summed E-state index contributed by atoms with van der Waals surface area (Å²) in [5.41, 5.74) is 0. The third-order valence-electron chi connectivity index (χ3n) is 2.90. The molecular weight excluding hydrogens is 228 g/mol. The Kier molecular flexibility index (Phi) is 4.32. The Labute approximate surface area is 97.0 Å². The zero-order valence-electron chi connectivity index (χ0n) is 9.85. The summed E-state index contributed by atoms with van der Waals surface area (Å²) < 4.78 is 22.2. The van der Waals surface area contributed by atoms with E-state index in [9.17, 15) is 13.2 Å². The van der Waals surface area contributed by atoms with Crippen LogP contribution in [0.3, 0.4) is 0 Å². The second-order valence-corrected chi connectivity index (χ2v) is 6.62. The fourth-order valence-electron chi connectivity index (χ4n) is 1.79. The Bertz CT molecular complexity index is 351. The van der Waals surface area contributed by atoms with E-state index < -0.39 is 15.3 Å². The van der Waals surface area contributed by atoms with E-state index in [0.717, 1.165) is 6.42 Å². The predicted molar refractivity (Wildman–Crippen MR) is 62.2 cm³/mol. The predicted octanol–water partition coefficient (Wildman–Crippen LogP) is 0.312. The maximum absolute atomic E-state index is 11.7. The highest BCUT2D eigenvalue weighted by Gasteiger charge is 2.32. The van der Waals surface area contributed by atoms with Crippen LogP contribution in [0.4, 0.5) is 0 Å². The van der Waals surface area contributed by atoms with Gasteiger partial charge in [-0.2, -0.15) is 0 Å². The van der Waals surface area contributed by atoms with Gasteiger partial charge in [-0.15, -0.1) is 0 Å². The lowest BCUT2D eigenvalue weighted by Gasteiger charge is -2.16. The minimum atomic E-state index is -3.49. The van der Waals surface area contributed by atoms with Crippen molar-refractivity contribution < 1.29 is 13.2 Å². The third kappa shape index (κ3) is 3.75. The third-order valence-corrected chi connectivity index (χ3v) is 4.21. The van der Waals surface area contributed by atoms with Crippen molar-refractivity contribution in [3.63, 3.8) is 0 Å². The zero-order valence-corrected chi connectivity index (χ0v) is 10.7. The van der Waals surface area contributed by atoms with Crippen LogP contribution in [0.15, 0.2) is 0 Å². The molecule has 1 saturated heterocycles. The number of hydrogen-bond donors (Lipinski definition) is 1. The first-order valence-corrected chi connectivity index (χ1v) is 7.21. The number of amides is 1. The minimum Gasteiger partial charge on any atom is -0.341 e. The van der Waals surface area contributed by atoms with Crippen molar-refractivity contribution in [1.82, 2.24) is 4.90 Å². The summed E-state index contributed by atoms with van der Waals surface area (Å²) in [6.45, 7) is 4.89. The lowest BCUT2D eigenvalue weighted by molar-refractivity contribution is -0.130. The summed E-state index contributed by atoms with van der Waals surface area (Å²) in [6.07, 6.45) is 1.80. The molecule has 0 aromatic rings. The first kappa shape index (κ1) is 13.4. The molecule has 0 radical (unpaired) electrons. The van der Waals surface area contributed by atoms with Gasteiger partial charge in [0.25, 0.3) is 0 Å². The van der Waals surface area contributed by atoms with Crippen LogP contribution in [0.5, 0.6) is 0 Å². The molecule has 0 aromatic carbocycles. The molecule has 1 heterocycles. The summed E-state index contributed by atoms with van der Waals surface area (Å²) in [5.74, 6) is 0.528. The van der Waals surface area contributed by atoms with Crippen LogP contribution in [0.2, 0.25) is 0 Å². The summed E-state index contributed by atoms with van der Waals surface area (Å²) >= 11 is 0. The summed E-state index contributed by atoms with van der Waals surface area (Å²) in [6, 6.07) is 0. The smallest absolute Gasteiger partial charge is 0.222 e. The average Bonchev–Trinajstić information content (AvgIpc) is 2.61. The van der Waals surface area contributed by atoms with Crippen LogP contribution in [-0.4, -0.2) is 37.6 Å².